The summed E-state index contributed by atoms with van der Waals surface area (Å²) in [5.74, 6) is -1.27. The molecule has 5 nitrogen and oxygen atoms in total. The van der Waals surface area contributed by atoms with Gasteiger partial charge in [0.2, 0.25) is 0 Å². The van der Waals surface area contributed by atoms with Gasteiger partial charge in [-0.15, -0.1) is 0 Å². The van der Waals surface area contributed by atoms with Crippen molar-refractivity contribution in [1.82, 2.24) is 5.32 Å². The molecule has 1 rings (SSSR count). The molecule has 0 heterocycles. The highest BCUT2D eigenvalue weighted by Crippen LogP contribution is 2.12. The van der Waals surface area contributed by atoms with E-state index >= 15 is 0 Å². The Hall–Kier alpha value is -1.79. The number of hydrogen-bond acceptors (Lipinski definition) is 5. The van der Waals surface area contributed by atoms with Crippen LogP contribution in [0.1, 0.15) is 22.3 Å². The van der Waals surface area contributed by atoms with Crippen LogP contribution >= 0.6 is 0 Å². The molecule has 1 aromatic rings. The number of aliphatic hydroxyl groups excluding tert-OH is 1. The first kappa shape index (κ1) is 16.3. The molecule has 1 atom stereocenters. The van der Waals surface area contributed by atoms with E-state index in [4.69, 9.17) is 5.11 Å². The molecule has 0 fully saturated rings. The Labute approximate surface area is 116 Å². The lowest BCUT2D eigenvalue weighted by atomic mass is 10.00. The first-order chi connectivity index (χ1) is 9.49. The number of Topliss-reactive ketones (excluding diaryl/α,β-unsaturated/α-hetero) is 1. The van der Waals surface area contributed by atoms with E-state index in [9.17, 15) is 14.0 Å². The van der Waals surface area contributed by atoms with E-state index in [1.165, 1.54) is 25.3 Å². The normalized spacial score (nSPS) is 12.0. The summed E-state index contributed by atoms with van der Waals surface area (Å²) in [5, 5.41) is 11.6. The molecule has 2 N–H and O–H groups in total. The number of benzene rings is 1. The first-order valence-corrected chi connectivity index (χ1v) is 6.21. The number of ketones is 1. The van der Waals surface area contributed by atoms with E-state index < -0.39 is 17.8 Å². The molecule has 20 heavy (non-hydrogen) atoms. The van der Waals surface area contributed by atoms with Gasteiger partial charge >= 0.3 is 5.97 Å². The van der Waals surface area contributed by atoms with Gasteiger partial charge in [0, 0.05) is 12.1 Å². The van der Waals surface area contributed by atoms with E-state index in [2.05, 4.69) is 10.1 Å². The largest absolute Gasteiger partial charge is 0.469 e. The average molecular weight is 283 g/mol. The molecule has 0 bridgehead atoms. The maximum atomic E-state index is 13.2. The lowest BCUT2D eigenvalue weighted by Crippen LogP contribution is -2.40. The molecule has 0 radical (unpaired) electrons. The fourth-order valence-corrected chi connectivity index (χ4v) is 1.75. The van der Waals surface area contributed by atoms with Gasteiger partial charge < -0.3 is 15.2 Å². The molecule has 0 spiro atoms. The van der Waals surface area contributed by atoms with Gasteiger partial charge in [0.15, 0.2) is 5.78 Å². The van der Waals surface area contributed by atoms with Crippen molar-refractivity contribution in [3.05, 3.63) is 35.1 Å². The Morgan fingerprint density at radius 1 is 1.45 bits per heavy atom. The van der Waals surface area contributed by atoms with Gasteiger partial charge in [0.05, 0.1) is 26.2 Å². The van der Waals surface area contributed by atoms with Crippen molar-refractivity contribution >= 4 is 11.8 Å². The van der Waals surface area contributed by atoms with Crippen molar-refractivity contribution in [3.63, 3.8) is 0 Å². The molecule has 0 aliphatic rings. The predicted molar refractivity (Wildman–Crippen MR) is 71.0 cm³/mol. The average Bonchev–Trinajstić information content (AvgIpc) is 2.45. The third kappa shape index (κ3) is 4.40. The van der Waals surface area contributed by atoms with E-state index in [-0.39, 0.29) is 25.4 Å². The third-order valence-electron chi connectivity index (χ3n) is 2.86. The number of rotatable bonds is 7. The Bertz CT molecular complexity index is 490. The van der Waals surface area contributed by atoms with Crippen molar-refractivity contribution in [3.8, 4) is 0 Å². The molecular formula is C14H18FNO4. The molecule has 0 amide bonds. The van der Waals surface area contributed by atoms with Gasteiger partial charge in [-0.3, -0.25) is 9.59 Å². The zero-order chi connectivity index (χ0) is 15.1. The van der Waals surface area contributed by atoms with Crippen LogP contribution in [0.4, 0.5) is 4.39 Å². The second-order valence-corrected chi connectivity index (χ2v) is 4.34. The molecule has 1 aromatic carbocycles. The van der Waals surface area contributed by atoms with Crippen LogP contribution < -0.4 is 5.32 Å². The van der Waals surface area contributed by atoms with Gasteiger partial charge in [-0.25, -0.2) is 4.39 Å². The summed E-state index contributed by atoms with van der Waals surface area (Å²) in [6.07, 6.45) is -0.147. The van der Waals surface area contributed by atoms with Crippen LogP contribution in [0.25, 0.3) is 0 Å². The Morgan fingerprint density at radius 2 is 2.15 bits per heavy atom. The number of methoxy groups -OCH3 is 1. The number of hydrogen-bond donors (Lipinski definition) is 2. The maximum absolute atomic E-state index is 13.2. The van der Waals surface area contributed by atoms with Crippen molar-refractivity contribution in [2.75, 3.05) is 20.3 Å². The van der Waals surface area contributed by atoms with Gasteiger partial charge in [0.25, 0.3) is 0 Å². The predicted octanol–water partition coefficient (Wildman–Crippen LogP) is 0.830. The summed E-state index contributed by atoms with van der Waals surface area (Å²) in [6, 6.07) is 3.21. The van der Waals surface area contributed by atoms with Gasteiger partial charge in [-0.2, -0.15) is 0 Å². The minimum absolute atomic E-state index is 0.147. The van der Waals surface area contributed by atoms with Crippen LogP contribution in [0.5, 0.6) is 0 Å². The Morgan fingerprint density at radius 3 is 2.70 bits per heavy atom. The maximum Gasteiger partial charge on any atom is 0.307 e. The van der Waals surface area contributed by atoms with E-state index in [1.807, 2.05) is 0 Å². The lowest BCUT2D eigenvalue weighted by Gasteiger charge is -2.16. The molecule has 0 aromatic heterocycles. The number of carbonyl (C=O) groups is 2. The molecule has 0 saturated heterocycles. The van der Waals surface area contributed by atoms with E-state index in [1.54, 1.807) is 6.92 Å². The number of aliphatic hydroxyl groups is 1. The smallest absolute Gasteiger partial charge is 0.307 e. The standard InChI is InChI=1S/C14H18FNO4/c1-9-7-10(3-4-11(9)15)14(19)12(16-5-6-17)8-13(18)20-2/h3-4,7,12,16-17H,5-6,8H2,1-2H3. The highest BCUT2D eigenvalue weighted by Gasteiger charge is 2.23. The number of esters is 1. The summed E-state index contributed by atoms with van der Waals surface area (Å²) < 4.78 is 17.7. The second-order valence-electron chi connectivity index (χ2n) is 4.34. The monoisotopic (exact) mass is 283 g/mol. The van der Waals surface area contributed by atoms with E-state index in [0.29, 0.717) is 11.1 Å². The van der Waals surface area contributed by atoms with Crippen LogP contribution in [-0.4, -0.2) is 43.2 Å². The van der Waals surface area contributed by atoms with E-state index in [0.717, 1.165) is 0 Å². The number of nitrogens with one attached hydrogen (secondary N) is 1. The molecule has 6 heteroatoms. The molecule has 0 saturated carbocycles. The topological polar surface area (TPSA) is 75.6 Å². The number of ether oxygens (including phenoxy) is 1. The summed E-state index contributed by atoms with van der Waals surface area (Å²) in [7, 11) is 1.23. The first-order valence-electron chi connectivity index (χ1n) is 6.21. The number of carbonyl (C=O) groups excluding carboxylic acids is 2. The van der Waals surface area contributed by atoms with Crippen molar-refractivity contribution in [2.24, 2.45) is 0 Å². The summed E-state index contributed by atoms with van der Waals surface area (Å²) in [6.45, 7) is 1.57. The van der Waals surface area contributed by atoms with Gasteiger partial charge in [-0.1, -0.05) is 0 Å². The lowest BCUT2D eigenvalue weighted by molar-refractivity contribution is -0.141. The Balaban J connectivity index is 2.90. The van der Waals surface area contributed by atoms with Crippen LogP contribution in [-0.2, 0) is 9.53 Å². The van der Waals surface area contributed by atoms with Gasteiger partial charge in [-0.05, 0) is 30.7 Å². The van der Waals surface area contributed by atoms with Crippen LogP contribution in [0, 0.1) is 12.7 Å². The highest BCUT2D eigenvalue weighted by atomic mass is 19.1. The molecule has 0 aliphatic heterocycles. The number of aryl methyl sites for hydroxylation is 1. The fourth-order valence-electron chi connectivity index (χ4n) is 1.75. The van der Waals surface area contributed by atoms with Crippen molar-refractivity contribution < 1.29 is 23.8 Å². The van der Waals surface area contributed by atoms with Gasteiger partial charge in [0.1, 0.15) is 5.82 Å². The molecule has 0 aliphatic carbocycles. The summed E-state index contributed by atoms with van der Waals surface area (Å²) in [5.41, 5.74) is 0.665. The minimum atomic E-state index is -0.806. The van der Waals surface area contributed by atoms with Crippen molar-refractivity contribution in [2.45, 2.75) is 19.4 Å². The second kappa shape index (κ2) is 7.72. The summed E-state index contributed by atoms with van der Waals surface area (Å²) in [4.78, 5) is 23.6. The molecule has 1 unspecified atom stereocenters. The molecule has 110 valence electrons. The zero-order valence-electron chi connectivity index (χ0n) is 11.5. The SMILES string of the molecule is COC(=O)CC(NCCO)C(=O)c1ccc(F)c(C)c1. The quantitative estimate of drug-likeness (QED) is 0.572. The summed E-state index contributed by atoms with van der Waals surface area (Å²) >= 11 is 0. The molecular weight excluding hydrogens is 265 g/mol. The van der Waals surface area contributed by atoms with Crippen LogP contribution in [0.2, 0.25) is 0 Å². The van der Waals surface area contributed by atoms with Crippen molar-refractivity contribution in [1.29, 1.82) is 0 Å². The zero-order valence-corrected chi connectivity index (χ0v) is 11.5. The third-order valence-corrected chi connectivity index (χ3v) is 2.86. The fraction of sp³-hybridized carbons (Fsp3) is 0.429. The Kier molecular flexibility index (Phi) is 6.27. The highest BCUT2D eigenvalue weighted by molar-refractivity contribution is 6.01. The number of halogens is 1. The van der Waals surface area contributed by atoms with Crippen LogP contribution in [0.15, 0.2) is 18.2 Å². The van der Waals surface area contributed by atoms with Crippen LogP contribution in [0.3, 0.4) is 0 Å². The minimum Gasteiger partial charge on any atom is -0.469 e.